The first-order chi connectivity index (χ1) is 10.5. The summed E-state index contributed by atoms with van der Waals surface area (Å²) in [5, 5.41) is 13.9. The van der Waals surface area contributed by atoms with Crippen LogP contribution in [0, 0.1) is 10.1 Å². The fourth-order valence-corrected chi connectivity index (χ4v) is 4.47. The van der Waals surface area contributed by atoms with Gasteiger partial charge in [0.25, 0.3) is 5.69 Å². The summed E-state index contributed by atoms with van der Waals surface area (Å²) in [5.74, 6) is 0. The predicted molar refractivity (Wildman–Crippen MR) is 83.2 cm³/mol. The molecule has 0 spiro atoms. The first kappa shape index (κ1) is 16.9. The second-order valence-corrected chi connectivity index (χ2v) is 7.24. The Morgan fingerprint density at radius 2 is 1.86 bits per heavy atom. The minimum absolute atomic E-state index is 0.0126. The molecule has 1 aliphatic rings. The molecule has 122 valence electrons. The number of sulfonamides is 1. The molecule has 1 saturated heterocycles. The first-order valence-corrected chi connectivity index (χ1v) is 8.88. The highest BCUT2D eigenvalue weighted by Gasteiger charge is 2.31. The number of rotatable bonds is 6. The van der Waals surface area contributed by atoms with Crippen molar-refractivity contribution in [3.8, 4) is 0 Å². The van der Waals surface area contributed by atoms with E-state index in [9.17, 15) is 18.5 Å². The third-order valence-electron chi connectivity index (χ3n) is 3.81. The maximum absolute atomic E-state index is 12.8. The smallest absolute Gasteiger partial charge is 0.269 e. The number of piperidine rings is 1. The molecule has 0 radical (unpaired) electrons. The molecular formula is C14H21N3O4S. The van der Waals surface area contributed by atoms with Gasteiger partial charge >= 0.3 is 0 Å². The molecule has 0 aromatic heterocycles. The lowest BCUT2D eigenvalue weighted by Gasteiger charge is -2.33. The predicted octanol–water partition coefficient (Wildman–Crippen LogP) is 1.75. The number of non-ortho nitro benzene ring substituents is 1. The van der Waals surface area contributed by atoms with Crippen molar-refractivity contribution in [1.29, 1.82) is 0 Å². The topological polar surface area (TPSA) is 92.6 Å². The quantitative estimate of drug-likeness (QED) is 0.635. The van der Waals surface area contributed by atoms with E-state index in [4.69, 9.17) is 0 Å². The lowest BCUT2D eigenvalue weighted by atomic mass is 10.1. The van der Waals surface area contributed by atoms with Crippen LogP contribution in [0.4, 0.5) is 5.69 Å². The lowest BCUT2D eigenvalue weighted by molar-refractivity contribution is -0.384. The molecular weight excluding hydrogens is 306 g/mol. The fraction of sp³-hybridized carbons (Fsp3) is 0.571. The average molecular weight is 327 g/mol. The van der Waals surface area contributed by atoms with E-state index in [-0.39, 0.29) is 16.6 Å². The van der Waals surface area contributed by atoms with Crippen molar-refractivity contribution >= 4 is 15.7 Å². The van der Waals surface area contributed by atoms with Gasteiger partial charge in [-0.05, 0) is 44.5 Å². The third-order valence-corrected chi connectivity index (χ3v) is 5.78. The third kappa shape index (κ3) is 3.63. The molecule has 0 aliphatic carbocycles. The molecule has 0 unspecified atom stereocenters. The van der Waals surface area contributed by atoms with E-state index in [1.54, 1.807) is 4.31 Å². The molecule has 2 rings (SSSR count). The molecule has 8 heteroatoms. The van der Waals surface area contributed by atoms with Gasteiger partial charge in [-0.15, -0.1) is 0 Å². The van der Waals surface area contributed by atoms with Crippen LogP contribution in [0.3, 0.4) is 0 Å². The minimum atomic E-state index is -3.62. The molecule has 22 heavy (non-hydrogen) atoms. The van der Waals surface area contributed by atoms with E-state index in [1.807, 2.05) is 6.92 Å². The summed E-state index contributed by atoms with van der Waals surface area (Å²) in [6.45, 7) is 4.02. The molecule has 1 heterocycles. The van der Waals surface area contributed by atoms with Crippen LogP contribution in [0.25, 0.3) is 0 Å². The van der Waals surface area contributed by atoms with Crippen LogP contribution in [-0.4, -0.2) is 43.3 Å². The Labute approximate surface area is 130 Å². The summed E-state index contributed by atoms with van der Waals surface area (Å²) in [4.78, 5) is 10.3. The standard InChI is InChI=1S/C14H21N3O4S/c1-2-11-16(12-7-9-15-10-8-12)22(20,21)14-5-3-13(4-6-14)17(18)19/h3-6,12,15H,2,7-11H2,1H3. The van der Waals surface area contributed by atoms with Gasteiger partial charge in [-0.25, -0.2) is 8.42 Å². The second kappa shape index (κ2) is 7.17. The van der Waals surface area contributed by atoms with Crippen LogP contribution in [0.1, 0.15) is 26.2 Å². The van der Waals surface area contributed by atoms with Gasteiger partial charge in [0.15, 0.2) is 0 Å². The first-order valence-electron chi connectivity index (χ1n) is 7.44. The highest BCUT2D eigenvalue weighted by molar-refractivity contribution is 7.89. The molecule has 1 fully saturated rings. The SMILES string of the molecule is CCCN(C1CCNCC1)S(=O)(=O)c1ccc([N+](=O)[O-])cc1. The number of benzene rings is 1. The van der Waals surface area contributed by atoms with Gasteiger partial charge in [0.05, 0.1) is 9.82 Å². The van der Waals surface area contributed by atoms with Crippen LogP contribution in [-0.2, 0) is 10.0 Å². The number of nitro groups is 1. The number of hydrogen-bond donors (Lipinski definition) is 1. The van der Waals surface area contributed by atoms with E-state index in [0.29, 0.717) is 6.54 Å². The number of nitrogens with zero attached hydrogens (tertiary/aromatic N) is 2. The summed E-state index contributed by atoms with van der Waals surface area (Å²) in [7, 11) is -3.62. The number of nitro benzene ring substituents is 1. The van der Waals surface area contributed by atoms with E-state index in [1.165, 1.54) is 24.3 Å². The van der Waals surface area contributed by atoms with Gasteiger partial charge in [0.1, 0.15) is 0 Å². The second-order valence-electron chi connectivity index (χ2n) is 5.35. The Morgan fingerprint density at radius 1 is 1.27 bits per heavy atom. The van der Waals surface area contributed by atoms with E-state index < -0.39 is 14.9 Å². The Hall–Kier alpha value is -1.51. The van der Waals surface area contributed by atoms with E-state index in [2.05, 4.69) is 5.32 Å². The van der Waals surface area contributed by atoms with Crippen LogP contribution in [0.5, 0.6) is 0 Å². The molecule has 0 amide bonds. The largest absolute Gasteiger partial charge is 0.317 e. The molecule has 7 nitrogen and oxygen atoms in total. The summed E-state index contributed by atoms with van der Waals surface area (Å²) in [6, 6.07) is 5.09. The number of nitrogens with one attached hydrogen (secondary N) is 1. The molecule has 0 saturated carbocycles. The van der Waals surface area contributed by atoms with Gasteiger partial charge in [0.2, 0.25) is 10.0 Å². The van der Waals surface area contributed by atoms with Crippen LogP contribution in [0.2, 0.25) is 0 Å². The van der Waals surface area contributed by atoms with Crippen molar-refractivity contribution in [2.75, 3.05) is 19.6 Å². The van der Waals surface area contributed by atoms with Crippen molar-refractivity contribution < 1.29 is 13.3 Å². The van der Waals surface area contributed by atoms with Crippen LogP contribution >= 0.6 is 0 Å². The molecule has 1 aliphatic heterocycles. The maximum atomic E-state index is 12.8. The van der Waals surface area contributed by atoms with Gasteiger partial charge in [-0.2, -0.15) is 4.31 Å². The summed E-state index contributed by atoms with van der Waals surface area (Å²) in [5.41, 5.74) is -0.108. The Kier molecular flexibility index (Phi) is 5.49. The van der Waals surface area contributed by atoms with E-state index >= 15 is 0 Å². The van der Waals surface area contributed by atoms with Crippen molar-refractivity contribution in [2.45, 2.75) is 37.1 Å². The average Bonchev–Trinajstić information content (AvgIpc) is 2.53. The molecule has 0 atom stereocenters. The lowest BCUT2D eigenvalue weighted by Crippen LogP contribution is -2.46. The maximum Gasteiger partial charge on any atom is 0.269 e. The van der Waals surface area contributed by atoms with Gasteiger partial charge in [0, 0.05) is 24.7 Å². The zero-order valence-corrected chi connectivity index (χ0v) is 13.4. The van der Waals surface area contributed by atoms with Crippen LogP contribution in [0.15, 0.2) is 29.2 Å². The Morgan fingerprint density at radius 3 is 2.36 bits per heavy atom. The van der Waals surface area contributed by atoms with Crippen molar-refractivity contribution in [3.05, 3.63) is 34.4 Å². The van der Waals surface area contributed by atoms with Crippen molar-refractivity contribution in [3.63, 3.8) is 0 Å². The Balaban J connectivity index is 2.29. The van der Waals surface area contributed by atoms with E-state index in [0.717, 1.165) is 32.4 Å². The van der Waals surface area contributed by atoms with Crippen molar-refractivity contribution in [1.82, 2.24) is 9.62 Å². The molecule has 0 bridgehead atoms. The van der Waals surface area contributed by atoms with Crippen LogP contribution < -0.4 is 5.32 Å². The molecule has 1 aromatic rings. The highest BCUT2D eigenvalue weighted by atomic mass is 32.2. The normalized spacial score (nSPS) is 16.8. The molecule has 1 aromatic carbocycles. The van der Waals surface area contributed by atoms with Gasteiger partial charge in [-0.3, -0.25) is 10.1 Å². The minimum Gasteiger partial charge on any atom is -0.317 e. The van der Waals surface area contributed by atoms with Crippen molar-refractivity contribution in [2.24, 2.45) is 0 Å². The number of hydrogen-bond acceptors (Lipinski definition) is 5. The zero-order valence-electron chi connectivity index (χ0n) is 12.6. The Bertz CT molecular complexity index is 609. The van der Waals surface area contributed by atoms with Gasteiger partial charge in [-0.1, -0.05) is 6.92 Å². The summed E-state index contributed by atoms with van der Waals surface area (Å²) >= 11 is 0. The highest BCUT2D eigenvalue weighted by Crippen LogP contribution is 2.24. The fourth-order valence-electron chi connectivity index (χ4n) is 2.69. The van der Waals surface area contributed by atoms with Gasteiger partial charge < -0.3 is 5.32 Å². The summed E-state index contributed by atoms with van der Waals surface area (Å²) in [6.07, 6.45) is 2.30. The monoisotopic (exact) mass is 327 g/mol. The summed E-state index contributed by atoms with van der Waals surface area (Å²) < 4.78 is 27.2. The molecule has 1 N–H and O–H groups in total. The zero-order chi connectivity index (χ0) is 16.2.